The second kappa shape index (κ2) is 7.75. The van der Waals surface area contributed by atoms with Gasteiger partial charge in [-0.1, -0.05) is 12.8 Å². The second-order valence-corrected chi connectivity index (χ2v) is 5.93. The summed E-state index contributed by atoms with van der Waals surface area (Å²) in [5.41, 5.74) is 0. The van der Waals surface area contributed by atoms with Crippen LogP contribution in [0.3, 0.4) is 0 Å². The molecule has 2 rings (SSSR count). The molecule has 1 saturated heterocycles. The van der Waals surface area contributed by atoms with Gasteiger partial charge < -0.3 is 19.6 Å². The lowest BCUT2D eigenvalue weighted by atomic mass is 10.1. The molecule has 1 aliphatic heterocycles. The van der Waals surface area contributed by atoms with Gasteiger partial charge in [0.15, 0.2) is 0 Å². The average Bonchev–Trinajstić information content (AvgIpc) is 3.11. The van der Waals surface area contributed by atoms with Crippen LogP contribution in [0.15, 0.2) is 0 Å². The van der Waals surface area contributed by atoms with Gasteiger partial charge in [-0.3, -0.25) is 9.59 Å². The first kappa shape index (κ1) is 16.2. The van der Waals surface area contributed by atoms with Crippen molar-refractivity contribution in [1.82, 2.24) is 9.80 Å². The summed E-state index contributed by atoms with van der Waals surface area (Å²) in [6, 6.07) is 0.243. The Hall–Kier alpha value is -1.14. The summed E-state index contributed by atoms with van der Waals surface area (Å²) in [4.78, 5) is 28.2. The molecule has 0 radical (unpaired) electrons. The van der Waals surface area contributed by atoms with E-state index in [1.807, 2.05) is 4.90 Å². The van der Waals surface area contributed by atoms with E-state index in [0.717, 1.165) is 25.7 Å². The zero-order valence-corrected chi connectivity index (χ0v) is 12.8. The van der Waals surface area contributed by atoms with E-state index < -0.39 is 0 Å². The van der Waals surface area contributed by atoms with E-state index in [1.54, 1.807) is 12.0 Å². The summed E-state index contributed by atoms with van der Waals surface area (Å²) in [6.45, 7) is 1.89. The van der Waals surface area contributed by atoms with Crippen molar-refractivity contribution in [3.05, 3.63) is 0 Å². The Labute approximate surface area is 126 Å². The fraction of sp³-hybridized carbons (Fsp3) is 0.867. The van der Waals surface area contributed by atoms with E-state index in [1.165, 1.54) is 0 Å². The molecular formula is C15H26N2O4. The van der Waals surface area contributed by atoms with E-state index >= 15 is 0 Å². The number of carbonyl (C=O) groups is 2. The Morgan fingerprint density at radius 2 is 2.14 bits per heavy atom. The standard InChI is InChI=1S/C15H26N2O4/c1-21-9-7-16-11-12(10-14(16)19)15(20)17(6-8-18)13-4-2-3-5-13/h12-13,18H,2-11H2,1H3. The third kappa shape index (κ3) is 3.95. The molecule has 1 heterocycles. The summed E-state index contributed by atoms with van der Waals surface area (Å²) in [5.74, 6) is -0.202. The largest absolute Gasteiger partial charge is 0.395 e. The molecule has 0 aromatic heterocycles. The minimum atomic E-state index is -0.262. The van der Waals surface area contributed by atoms with E-state index in [9.17, 15) is 14.7 Å². The molecule has 1 aliphatic carbocycles. The molecular weight excluding hydrogens is 272 g/mol. The Morgan fingerprint density at radius 3 is 2.76 bits per heavy atom. The summed E-state index contributed by atoms with van der Waals surface area (Å²) in [5, 5.41) is 9.22. The minimum Gasteiger partial charge on any atom is -0.395 e. The Morgan fingerprint density at radius 1 is 1.43 bits per heavy atom. The van der Waals surface area contributed by atoms with Crippen LogP contribution in [0.2, 0.25) is 0 Å². The van der Waals surface area contributed by atoms with Crippen molar-refractivity contribution in [3.63, 3.8) is 0 Å². The highest BCUT2D eigenvalue weighted by Crippen LogP contribution is 2.27. The van der Waals surface area contributed by atoms with Crippen molar-refractivity contribution < 1.29 is 19.4 Å². The quantitative estimate of drug-likeness (QED) is 0.731. The molecule has 2 aliphatic rings. The molecule has 1 unspecified atom stereocenters. The lowest BCUT2D eigenvalue weighted by Crippen LogP contribution is -2.44. The monoisotopic (exact) mass is 298 g/mol. The van der Waals surface area contributed by atoms with Crippen molar-refractivity contribution in [2.24, 2.45) is 5.92 Å². The smallest absolute Gasteiger partial charge is 0.228 e. The van der Waals surface area contributed by atoms with Crippen molar-refractivity contribution >= 4 is 11.8 Å². The second-order valence-electron chi connectivity index (χ2n) is 5.93. The molecule has 6 nitrogen and oxygen atoms in total. The minimum absolute atomic E-state index is 0.0176. The van der Waals surface area contributed by atoms with E-state index in [0.29, 0.717) is 26.2 Å². The molecule has 0 aromatic rings. The lowest BCUT2D eigenvalue weighted by molar-refractivity contribution is -0.138. The first-order valence-electron chi connectivity index (χ1n) is 7.85. The molecule has 0 aromatic carbocycles. The summed E-state index contributed by atoms with van der Waals surface area (Å²) >= 11 is 0. The van der Waals surface area contributed by atoms with Crippen LogP contribution in [0.4, 0.5) is 0 Å². The van der Waals surface area contributed by atoms with Gasteiger partial charge in [0, 0.05) is 39.2 Å². The average molecular weight is 298 g/mol. The van der Waals surface area contributed by atoms with Gasteiger partial charge in [0.1, 0.15) is 0 Å². The molecule has 120 valence electrons. The number of hydrogen-bond donors (Lipinski definition) is 1. The van der Waals surface area contributed by atoms with Crippen LogP contribution in [-0.2, 0) is 14.3 Å². The lowest BCUT2D eigenvalue weighted by Gasteiger charge is -2.30. The topological polar surface area (TPSA) is 70.1 Å². The maximum absolute atomic E-state index is 12.7. The van der Waals surface area contributed by atoms with Gasteiger partial charge in [-0.2, -0.15) is 0 Å². The van der Waals surface area contributed by atoms with Gasteiger partial charge in [-0.05, 0) is 12.8 Å². The SMILES string of the molecule is COCCN1CC(C(=O)N(CCO)C2CCCC2)CC1=O. The van der Waals surface area contributed by atoms with Crippen LogP contribution < -0.4 is 0 Å². The Bertz CT molecular complexity index is 369. The number of carbonyl (C=O) groups excluding carboxylic acids is 2. The summed E-state index contributed by atoms with van der Waals surface area (Å²) in [6.07, 6.45) is 4.60. The number of hydrogen-bond acceptors (Lipinski definition) is 4. The molecule has 6 heteroatoms. The van der Waals surface area contributed by atoms with Crippen LogP contribution in [0.5, 0.6) is 0 Å². The van der Waals surface area contributed by atoms with Gasteiger partial charge in [-0.15, -0.1) is 0 Å². The zero-order chi connectivity index (χ0) is 15.2. The fourth-order valence-corrected chi connectivity index (χ4v) is 3.39. The maximum atomic E-state index is 12.7. The predicted octanol–water partition coefficient (Wildman–Crippen LogP) is 0.245. The first-order chi connectivity index (χ1) is 10.2. The third-order valence-electron chi connectivity index (χ3n) is 4.52. The van der Waals surface area contributed by atoms with Crippen LogP contribution in [0, 0.1) is 5.92 Å². The fourth-order valence-electron chi connectivity index (χ4n) is 3.39. The highest BCUT2D eigenvalue weighted by molar-refractivity contribution is 5.89. The molecule has 2 fully saturated rings. The molecule has 1 N–H and O–H groups in total. The number of methoxy groups -OCH3 is 1. The maximum Gasteiger partial charge on any atom is 0.228 e. The van der Waals surface area contributed by atoms with E-state index in [2.05, 4.69) is 0 Å². The van der Waals surface area contributed by atoms with Crippen LogP contribution in [0.25, 0.3) is 0 Å². The van der Waals surface area contributed by atoms with Crippen LogP contribution >= 0.6 is 0 Å². The highest BCUT2D eigenvalue weighted by atomic mass is 16.5. The van der Waals surface area contributed by atoms with E-state index in [-0.39, 0.29) is 36.8 Å². The van der Waals surface area contributed by atoms with Gasteiger partial charge >= 0.3 is 0 Å². The van der Waals surface area contributed by atoms with Gasteiger partial charge in [0.05, 0.1) is 19.1 Å². The van der Waals surface area contributed by atoms with Crippen molar-refractivity contribution in [2.75, 3.05) is 40.0 Å². The number of aliphatic hydroxyl groups is 1. The van der Waals surface area contributed by atoms with Crippen LogP contribution in [0.1, 0.15) is 32.1 Å². The summed E-state index contributed by atoms with van der Waals surface area (Å²) in [7, 11) is 1.60. The van der Waals surface area contributed by atoms with Crippen molar-refractivity contribution in [3.8, 4) is 0 Å². The van der Waals surface area contributed by atoms with Gasteiger partial charge in [0.25, 0.3) is 0 Å². The number of amides is 2. The molecule has 21 heavy (non-hydrogen) atoms. The normalized spacial score (nSPS) is 23.0. The molecule has 0 bridgehead atoms. The highest BCUT2D eigenvalue weighted by Gasteiger charge is 2.38. The van der Waals surface area contributed by atoms with Gasteiger partial charge in [0.2, 0.25) is 11.8 Å². The number of rotatable bonds is 7. The number of ether oxygens (including phenoxy) is 1. The first-order valence-corrected chi connectivity index (χ1v) is 7.85. The molecule has 1 atom stereocenters. The Kier molecular flexibility index (Phi) is 5.99. The van der Waals surface area contributed by atoms with Crippen molar-refractivity contribution in [1.29, 1.82) is 0 Å². The number of likely N-dealkylation sites (tertiary alicyclic amines) is 1. The number of aliphatic hydroxyl groups excluding tert-OH is 1. The molecule has 2 amide bonds. The molecule has 1 saturated carbocycles. The van der Waals surface area contributed by atoms with Gasteiger partial charge in [-0.25, -0.2) is 0 Å². The van der Waals surface area contributed by atoms with Crippen molar-refractivity contribution in [2.45, 2.75) is 38.1 Å². The molecule has 0 spiro atoms. The zero-order valence-electron chi connectivity index (χ0n) is 12.8. The van der Waals surface area contributed by atoms with Crippen LogP contribution in [-0.4, -0.2) is 72.7 Å². The Balaban J connectivity index is 1.95. The predicted molar refractivity (Wildman–Crippen MR) is 77.6 cm³/mol. The third-order valence-corrected chi connectivity index (χ3v) is 4.52. The number of nitrogens with zero attached hydrogens (tertiary/aromatic N) is 2. The van der Waals surface area contributed by atoms with E-state index in [4.69, 9.17) is 4.74 Å². The summed E-state index contributed by atoms with van der Waals surface area (Å²) < 4.78 is 4.99.